The van der Waals surface area contributed by atoms with E-state index in [1.165, 1.54) is 0 Å². The average molecular weight is 445 g/mol. The van der Waals surface area contributed by atoms with Crippen molar-refractivity contribution in [2.75, 3.05) is 6.61 Å². The molecule has 1 heterocycles. The zero-order chi connectivity index (χ0) is 22.2. The van der Waals surface area contributed by atoms with E-state index >= 15 is 0 Å². The summed E-state index contributed by atoms with van der Waals surface area (Å²) in [7, 11) is 0. The van der Waals surface area contributed by atoms with Gasteiger partial charge in [0.1, 0.15) is 36.1 Å². The SMILES string of the molecule is OC[C@H]1O[C@@H](c2ccc(Cl)c(Cc3ccc(C#CC4(O)CC4)cc3)c2)[C@H](O)[C@@H](O)[C@@H]1O. The van der Waals surface area contributed by atoms with Crippen molar-refractivity contribution in [3.05, 3.63) is 69.7 Å². The van der Waals surface area contributed by atoms with Gasteiger partial charge >= 0.3 is 0 Å². The second kappa shape index (κ2) is 8.89. The van der Waals surface area contributed by atoms with Crippen molar-refractivity contribution in [2.45, 2.75) is 55.4 Å². The molecule has 0 unspecified atom stereocenters. The van der Waals surface area contributed by atoms with Gasteiger partial charge in [0, 0.05) is 10.6 Å². The van der Waals surface area contributed by atoms with Gasteiger partial charge in [-0.15, -0.1) is 0 Å². The van der Waals surface area contributed by atoms with E-state index in [-0.39, 0.29) is 0 Å². The lowest BCUT2D eigenvalue weighted by atomic mass is 9.90. The molecule has 1 aliphatic heterocycles. The van der Waals surface area contributed by atoms with E-state index in [2.05, 4.69) is 11.8 Å². The first-order valence-electron chi connectivity index (χ1n) is 10.2. The number of hydrogen-bond donors (Lipinski definition) is 5. The predicted molar refractivity (Wildman–Crippen MR) is 114 cm³/mol. The Kier molecular flexibility index (Phi) is 6.38. The summed E-state index contributed by atoms with van der Waals surface area (Å²) in [5.74, 6) is 5.87. The molecule has 0 aromatic heterocycles. The zero-order valence-electron chi connectivity index (χ0n) is 16.8. The standard InChI is InChI=1S/C24H25ClO6/c25-18-6-5-16(23-22(29)21(28)20(27)19(13-26)31-23)12-17(18)11-15-3-1-14(2-4-15)7-8-24(30)9-10-24/h1-6,12,19-23,26-30H,9-11,13H2/t19-,20-,21+,22-,23+/m1/s1. The maximum Gasteiger partial charge on any atom is 0.126 e. The topological polar surface area (TPSA) is 110 Å². The molecular formula is C24H25ClO6. The molecule has 2 aromatic carbocycles. The smallest absolute Gasteiger partial charge is 0.126 e. The van der Waals surface area contributed by atoms with E-state index in [0.717, 1.165) is 29.5 Å². The van der Waals surface area contributed by atoms with E-state index in [1.54, 1.807) is 18.2 Å². The van der Waals surface area contributed by atoms with Crippen LogP contribution in [0.5, 0.6) is 0 Å². The van der Waals surface area contributed by atoms with Crippen LogP contribution in [0.2, 0.25) is 5.02 Å². The Labute approximate surface area is 185 Å². The van der Waals surface area contributed by atoms with Gasteiger partial charge in [0.15, 0.2) is 0 Å². The molecule has 5 atom stereocenters. The molecule has 2 aromatic rings. The molecule has 7 heteroatoms. The van der Waals surface area contributed by atoms with Crippen LogP contribution in [0.4, 0.5) is 0 Å². The number of aliphatic hydroxyl groups excluding tert-OH is 4. The molecule has 1 aliphatic carbocycles. The molecule has 1 saturated heterocycles. The first-order valence-corrected chi connectivity index (χ1v) is 10.6. The van der Waals surface area contributed by atoms with Gasteiger partial charge in [0.2, 0.25) is 0 Å². The normalized spacial score (nSPS) is 29.2. The molecule has 0 spiro atoms. The van der Waals surface area contributed by atoms with E-state index in [1.807, 2.05) is 24.3 Å². The first-order chi connectivity index (χ1) is 14.8. The summed E-state index contributed by atoms with van der Waals surface area (Å²) < 4.78 is 5.65. The van der Waals surface area contributed by atoms with Crippen LogP contribution >= 0.6 is 11.6 Å². The minimum Gasteiger partial charge on any atom is -0.394 e. The van der Waals surface area contributed by atoms with Crippen LogP contribution in [0.3, 0.4) is 0 Å². The molecule has 1 saturated carbocycles. The van der Waals surface area contributed by atoms with Crippen LogP contribution in [0.15, 0.2) is 42.5 Å². The average Bonchev–Trinajstić information content (AvgIpc) is 3.51. The maximum atomic E-state index is 10.4. The van der Waals surface area contributed by atoms with Crippen LogP contribution in [0.1, 0.15) is 41.2 Å². The van der Waals surface area contributed by atoms with Crippen molar-refractivity contribution >= 4 is 11.6 Å². The second-order valence-corrected chi connectivity index (χ2v) is 8.66. The van der Waals surface area contributed by atoms with Crippen LogP contribution < -0.4 is 0 Å². The molecule has 0 bridgehead atoms. The van der Waals surface area contributed by atoms with Crippen molar-refractivity contribution in [2.24, 2.45) is 0 Å². The fourth-order valence-electron chi connectivity index (χ4n) is 3.64. The van der Waals surface area contributed by atoms with Gasteiger partial charge in [-0.3, -0.25) is 0 Å². The highest BCUT2D eigenvalue weighted by Gasteiger charge is 2.44. The molecule has 2 aliphatic rings. The highest BCUT2D eigenvalue weighted by atomic mass is 35.5. The number of aliphatic hydroxyl groups is 5. The third-order valence-corrected chi connectivity index (χ3v) is 6.17. The van der Waals surface area contributed by atoms with Gasteiger partial charge in [-0.2, -0.15) is 0 Å². The summed E-state index contributed by atoms with van der Waals surface area (Å²) >= 11 is 6.38. The van der Waals surface area contributed by atoms with Gasteiger partial charge in [0.25, 0.3) is 0 Å². The zero-order valence-corrected chi connectivity index (χ0v) is 17.5. The lowest BCUT2D eigenvalue weighted by molar-refractivity contribution is -0.231. The number of ether oxygens (including phenoxy) is 1. The molecule has 6 nitrogen and oxygen atoms in total. The van der Waals surface area contributed by atoms with Crippen molar-refractivity contribution < 1.29 is 30.3 Å². The Hall–Kier alpha value is -1.95. The van der Waals surface area contributed by atoms with Gasteiger partial charge in [0.05, 0.1) is 6.61 Å². The Morgan fingerprint density at radius 3 is 2.35 bits per heavy atom. The Morgan fingerprint density at radius 2 is 1.71 bits per heavy atom. The summed E-state index contributed by atoms with van der Waals surface area (Å²) in [6.45, 7) is -0.478. The molecule has 5 N–H and O–H groups in total. The highest BCUT2D eigenvalue weighted by Crippen LogP contribution is 2.35. The van der Waals surface area contributed by atoms with Crippen molar-refractivity contribution in [3.8, 4) is 11.8 Å². The number of rotatable bonds is 4. The van der Waals surface area contributed by atoms with Gasteiger partial charge in [-0.25, -0.2) is 0 Å². The number of halogens is 1. The van der Waals surface area contributed by atoms with Crippen LogP contribution in [-0.4, -0.2) is 62.2 Å². The summed E-state index contributed by atoms with van der Waals surface area (Å²) in [5.41, 5.74) is 2.42. The molecular weight excluding hydrogens is 420 g/mol. The fourth-order valence-corrected chi connectivity index (χ4v) is 3.83. The molecule has 2 fully saturated rings. The molecule has 31 heavy (non-hydrogen) atoms. The van der Waals surface area contributed by atoms with Crippen LogP contribution in [-0.2, 0) is 11.2 Å². The summed E-state index contributed by atoms with van der Waals surface area (Å²) in [6, 6.07) is 12.9. The Bertz CT molecular complexity index is 989. The second-order valence-electron chi connectivity index (χ2n) is 8.26. The lowest BCUT2D eigenvalue weighted by Gasteiger charge is -2.40. The maximum absolute atomic E-state index is 10.4. The predicted octanol–water partition coefficient (Wildman–Crippen LogP) is 1.32. The van der Waals surface area contributed by atoms with Gasteiger partial charge in [-0.05, 0) is 54.2 Å². The van der Waals surface area contributed by atoms with Crippen molar-refractivity contribution in [1.82, 2.24) is 0 Å². The van der Waals surface area contributed by atoms with Crippen LogP contribution in [0, 0.1) is 11.8 Å². The quantitative estimate of drug-likeness (QED) is 0.455. The monoisotopic (exact) mass is 444 g/mol. The number of benzene rings is 2. The minimum atomic E-state index is -1.43. The first kappa shape index (κ1) is 22.3. The third kappa shape index (κ3) is 4.94. The number of hydrogen-bond acceptors (Lipinski definition) is 6. The Balaban J connectivity index is 1.52. The third-order valence-electron chi connectivity index (χ3n) is 5.80. The van der Waals surface area contributed by atoms with E-state index in [0.29, 0.717) is 17.0 Å². The Morgan fingerprint density at radius 1 is 1.00 bits per heavy atom. The van der Waals surface area contributed by atoms with Crippen molar-refractivity contribution in [1.29, 1.82) is 0 Å². The highest BCUT2D eigenvalue weighted by molar-refractivity contribution is 6.31. The lowest BCUT2D eigenvalue weighted by Crippen LogP contribution is -2.55. The van der Waals surface area contributed by atoms with Gasteiger partial charge < -0.3 is 30.3 Å². The van der Waals surface area contributed by atoms with E-state index in [4.69, 9.17) is 16.3 Å². The molecule has 4 rings (SSSR count). The van der Waals surface area contributed by atoms with Crippen LogP contribution in [0.25, 0.3) is 0 Å². The molecule has 164 valence electrons. The van der Waals surface area contributed by atoms with Crippen molar-refractivity contribution in [3.63, 3.8) is 0 Å². The summed E-state index contributed by atoms with van der Waals surface area (Å²) in [4.78, 5) is 0. The van der Waals surface area contributed by atoms with Gasteiger partial charge in [-0.1, -0.05) is 47.7 Å². The minimum absolute atomic E-state index is 0.478. The summed E-state index contributed by atoms with van der Waals surface area (Å²) in [6.07, 6.45) is -4.07. The largest absolute Gasteiger partial charge is 0.394 e. The molecule has 0 amide bonds. The fraction of sp³-hybridized carbons (Fsp3) is 0.417. The van der Waals surface area contributed by atoms with E-state index in [9.17, 15) is 25.5 Å². The van der Waals surface area contributed by atoms with E-state index < -0.39 is 42.7 Å². The summed E-state index contributed by atoms with van der Waals surface area (Å²) in [5, 5.41) is 50.2. The molecule has 0 radical (unpaired) electrons.